The minimum Gasteiger partial charge on any atom is -0.406 e. The lowest BCUT2D eigenvalue weighted by Crippen LogP contribution is -2.07. The molecule has 0 N–H and O–H groups in total. The minimum absolute atomic E-state index is 0.000597. The molecule has 3 rings (SSSR count). The average Bonchev–Trinajstić information content (AvgIpc) is 2.95. The summed E-state index contributed by atoms with van der Waals surface area (Å²) in [6.07, 6.45) is 0. The van der Waals surface area contributed by atoms with Crippen molar-refractivity contribution >= 4 is 21.7 Å². The van der Waals surface area contributed by atoms with E-state index in [9.17, 15) is 13.2 Å². The second-order valence-electron chi connectivity index (χ2n) is 4.44. The smallest absolute Gasteiger partial charge is 0.334 e. The van der Waals surface area contributed by atoms with Crippen LogP contribution in [-0.4, -0.2) is 26.8 Å². The van der Waals surface area contributed by atoms with Crippen molar-refractivity contribution in [1.82, 2.24) is 0 Å². The summed E-state index contributed by atoms with van der Waals surface area (Å²) in [5, 5.41) is 0. The standard InChI is InChI=1S/C15H11NO4S/c17-14-10-16-15(20-14)11-6-8-13(9-7-11)21(18,19)12-4-2-1-3-5-12/h1-9H,10H2. The molecule has 0 aromatic heterocycles. The molecule has 5 nitrogen and oxygen atoms in total. The van der Waals surface area contributed by atoms with E-state index in [1.807, 2.05) is 0 Å². The Morgan fingerprint density at radius 1 is 0.905 bits per heavy atom. The summed E-state index contributed by atoms with van der Waals surface area (Å²) < 4.78 is 29.7. The number of hydrogen-bond donors (Lipinski definition) is 0. The van der Waals surface area contributed by atoms with E-state index in [4.69, 9.17) is 4.74 Å². The highest BCUT2D eigenvalue weighted by molar-refractivity contribution is 7.91. The molecule has 0 atom stereocenters. The third-order valence-electron chi connectivity index (χ3n) is 3.03. The molecule has 0 aliphatic carbocycles. The Bertz CT molecular complexity index is 809. The Morgan fingerprint density at radius 2 is 1.52 bits per heavy atom. The van der Waals surface area contributed by atoms with Crippen molar-refractivity contribution in [2.24, 2.45) is 4.99 Å². The van der Waals surface area contributed by atoms with Crippen LogP contribution in [0, 0.1) is 0 Å². The summed E-state index contributed by atoms with van der Waals surface area (Å²) in [6, 6.07) is 14.3. The van der Waals surface area contributed by atoms with Gasteiger partial charge in [-0.15, -0.1) is 0 Å². The first-order valence-electron chi connectivity index (χ1n) is 6.23. The highest BCUT2D eigenvalue weighted by Gasteiger charge is 2.20. The minimum atomic E-state index is -3.54. The topological polar surface area (TPSA) is 72.8 Å². The fourth-order valence-corrected chi connectivity index (χ4v) is 3.25. The molecule has 2 aromatic carbocycles. The van der Waals surface area contributed by atoms with Gasteiger partial charge in [-0.25, -0.2) is 18.2 Å². The predicted octanol–water partition coefficient (Wildman–Crippen LogP) is 1.82. The summed E-state index contributed by atoms with van der Waals surface area (Å²) >= 11 is 0. The molecule has 1 heterocycles. The number of hydrogen-bond acceptors (Lipinski definition) is 5. The van der Waals surface area contributed by atoms with E-state index in [0.29, 0.717) is 5.56 Å². The lowest BCUT2D eigenvalue weighted by molar-refractivity contribution is -0.132. The number of nitrogens with zero attached hydrogens (tertiary/aromatic N) is 1. The van der Waals surface area contributed by atoms with E-state index in [1.54, 1.807) is 42.5 Å². The van der Waals surface area contributed by atoms with E-state index in [-0.39, 0.29) is 22.2 Å². The number of aliphatic imine (C=N–C) groups is 1. The molecule has 21 heavy (non-hydrogen) atoms. The summed E-state index contributed by atoms with van der Waals surface area (Å²) in [7, 11) is -3.54. The molecule has 6 heteroatoms. The zero-order valence-electron chi connectivity index (χ0n) is 10.9. The van der Waals surface area contributed by atoms with Gasteiger partial charge in [0.15, 0.2) is 0 Å². The maximum absolute atomic E-state index is 12.4. The van der Waals surface area contributed by atoms with Crippen LogP contribution >= 0.6 is 0 Å². The maximum atomic E-state index is 12.4. The molecule has 1 aliphatic heterocycles. The Kier molecular flexibility index (Phi) is 3.31. The normalized spacial score (nSPS) is 14.7. The molecule has 0 bridgehead atoms. The zero-order chi connectivity index (χ0) is 14.9. The Morgan fingerprint density at radius 3 is 2.10 bits per heavy atom. The van der Waals surface area contributed by atoms with Crippen molar-refractivity contribution in [3.05, 3.63) is 60.2 Å². The van der Waals surface area contributed by atoms with Crippen molar-refractivity contribution in [1.29, 1.82) is 0 Å². The summed E-state index contributed by atoms with van der Waals surface area (Å²) in [6.45, 7) is -0.000597. The Balaban J connectivity index is 1.93. The van der Waals surface area contributed by atoms with Gasteiger partial charge in [0.2, 0.25) is 15.7 Å². The molecular weight excluding hydrogens is 290 g/mol. The van der Waals surface area contributed by atoms with E-state index in [2.05, 4.69) is 4.99 Å². The van der Waals surface area contributed by atoms with Crippen molar-refractivity contribution < 1.29 is 17.9 Å². The number of esters is 1. The molecule has 0 saturated carbocycles. The number of sulfone groups is 1. The molecule has 106 valence electrons. The first kappa shape index (κ1) is 13.5. The number of rotatable bonds is 3. The van der Waals surface area contributed by atoms with E-state index in [1.165, 1.54) is 12.1 Å². The number of carbonyl (C=O) groups excluding carboxylic acids is 1. The fourth-order valence-electron chi connectivity index (χ4n) is 1.97. The van der Waals surface area contributed by atoms with Crippen LogP contribution in [0.2, 0.25) is 0 Å². The molecular formula is C15H11NO4S. The number of ether oxygens (including phenoxy) is 1. The molecule has 2 aromatic rings. The van der Waals surface area contributed by atoms with Gasteiger partial charge in [-0.3, -0.25) is 0 Å². The van der Waals surface area contributed by atoms with Crippen LogP contribution in [-0.2, 0) is 19.4 Å². The number of carbonyl (C=O) groups is 1. The van der Waals surface area contributed by atoms with Crippen LogP contribution in [0.3, 0.4) is 0 Å². The second kappa shape index (κ2) is 5.14. The lowest BCUT2D eigenvalue weighted by atomic mass is 10.2. The highest BCUT2D eigenvalue weighted by Crippen LogP contribution is 2.21. The van der Waals surface area contributed by atoms with Gasteiger partial charge in [0.1, 0.15) is 6.54 Å². The monoisotopic (exact) mass is 301 g/mol. The van der Waals surface area contributed by atoms with Crippen LogP contribution in [0.1, 0.15) is 5.56 Å². The van der Waals surface area contributed by atoms with E-state index in [0.717, 1.165) is 0 Å². The lowest BCUT2D eigenvalue weighted by Gasteiger charge is -2.05. The van der Waals surface area contributed by atoms with Crippen LogP contribution < -0.4 is 0 Å². The molecule has 0 unspecified atom stereocenters. The Hall–Kier alpha value is -2.47. The van der Waals surface area contributed by atoms with Crippen LogP contribution in [0.25, 0.3) is 0 Å². The molecule has 0 saturated heterocycles. The quantitative estimate of drug-likeness (QED) is 0.811. The molecule has 0 radical (unpaired) electrons. The highest BCUT2D eigenvalue weighted by atomic mass is 32.2. The van der Waals surface area contributed by atoms with Crippen molar-refractivity contribution in [3.8, 4) is 0 Å². The molecule has 1 aliphatic rings. The van der Waals surface area contributed by atoms with Gasteiger partial charge in [0.05, 0.1) is 9.79 Å². The largest absolute Gasteiger partial charge is 0.406 e. The van der Waals surface area contributed by atoms with Gasteiger partial charge in [-0.05, 0) is 36.4 Å². The summed E-state index contributed by atoms with van der Waals surface area (Å²) in [5.74, 6) is -0.186. The average molecular weight is 301 g/mol. The SMILES string of the molecule is O=C1CN=C(c2ccc(S(=O)(=O)c3ccccc3)cc2)O1. The van der Waals surface area contributed by atoms with E-state index >= 15 is 0 Å². The maximum Gasteiger partial charge on any atom is 0.334 e. The summed E-state index contributed by atoms with van der Waals surface area (Å²) in [4.78, 5) is 15.4. The van der Waals surface area contributed by atoms with Gasteiger partial charge < -0.3 is 4.74 Å². The first-order valence-corrected chi connectivity index (χ1v) is 7.71. The second-order valence-corrected chi connectivity index (χ2v) is 6.39. The Labute approximate surface area is 121 Å². The first-order chi connectivity index (χ1) is 10.1. The van der Waals surface area contributed by atoms with E-state index < -0.39 is 15.8 Å². The van der Waals surface area contributed by atoms with Gasteiger partial charge in [0, 0.05) is 5.56 Å². The van der Waals surface area contributed by atoms with Crippen molar-refractivity contribution in [2.45, 2.75) is 9.79 Å². The summed E-state index contributed by atoms with van der Waals surface area (Å²) in [5.41, 5.74) is 0.577. The predicted molar refractivity (Wildman–Crippen MR) is 75.8 cm³/mol. The fraction of sp³-hybridized carbons (Fsp3) is 0.0667. The van der Waals surface area contributed by atoms with Gasteiger partial charge >= 0.3 is 5.97 Å². The van der Waals surface area contributed by atoms with Crippen molar-refractivity contribution in [3.63, 3.8) is 0 Å². The van der Waals surface area contributed by atoms with Crippen LogP contribution in [0.4, 0.5) is 0 Å². The van der Waals surface area contributed by atoms with Crippen molar-refractivity contribution in [2.75, 3.05) is 6.54 Å². The molecule has 0 amide bonds. The number of benzene rings is 2. The third-order valence-corrected chi connectivity index (χ3v) is 4.81. The third kappa shape index (κ3) is 2.57. The van der Waals surface area contributed by atoms with Crippen LogP contribution in [0.15, 0.2) is 69.4 Å². The van der Waals surface area contributed by atoms with Gasteiger partial charge in [-0.2, -0.15) is 0 Å². The number of cyclic esters (lactones) is 1. The zero-order valence-corrected chi connectivity index (χ0v) is 11.7. The van der Waals surface area contributed by atoms with Gasteiger partial charge in [0.25, 0.3) is 0 Å². The molecule has 0 spiro atoms. The van der Waals surface area contributed by atoms with Gasteiger partial charge in [-0.1, -0.05) is 18.2 Å². The van der Waals surface area contributed by atoms with Crippen LogP contribution in [0.5, 0.6) is 0 Å². The molecule has 0 fully saturated rings.